The zero-order valence-electron chi connectivity index (χ0n) is 16.5. The summed E-state index contributed by atoms with van der Waals surface area (Å²) in [5.41, 5.74) is 4.69. The predicted molar refractivity (Wildman–Crippen MR) is 111 cm³/mol. The maximum atomic E-state index is 12.2. The molecule has 0 bridgehead atoms. The molecule has 0 aliphatic carbocycles. The molecule has 1 aromatic heterocycles. The number of fused-ring (bicyclic) bond motifs is 1. The van der Waals surface area contributed by atoms with Crippen molar-refractivity contribution in [3.05, 3.63) is 77.5 Å². The maximum Gasteiger partial charge on any atom is 0.341 e. The second-order valence-corrected chi connectivity index (χ2v) is 6.75. The molecule has 3 rings (SSSR count). The lowest BCUT2D eigenvalue weighted by Crippen LogP contribution is -2.09. The number of benzene rings is 2. The molecular formula is C23H23NO5. The quantitative estimate of drug-likeness (QED) is 0.460. The van der Waals surface area contributed by atoms with E-state index in [2.05, 4.69) is 11.1 Å². The Morgan fingerprint density at radius 3 is 2.69 bits per heavy atom. The van der Waals surface area contributed by atoms with Gasteiger partial charge in [-0.2, -0.15) is 0 Å². The highest BCUT2D eigenvalue weighted by Gasteiger charge is 2.15. The van der Waals surface area contributed by atoms with Crippen molar-refractivity contribution in [3.63, 3.8) is 0 Å². The standard InChI is InChI=1S/C23H23NO5/c1-4-10-28-23(27)18-8-9-21-20(12-18)15(2)16(3)24(21)13-17-6-5-7-19(11-17)29-14-22(25)26/h4-9,11-12H,1,10,13-14H2,2-3H3,(H,25,26). The lowest BCUT2D eigenvalue weighted by molar-refractivity contribution is -0.139. The number of carboxylic acids is 1. The van der Waals surface area contributed by atoms with Crippen LogP contribution in [0.2, 0.25) is 0 Å². The Bertz CT molecular complexity index is 1080. The second-order valence-electron chi connectivity index (χ2n) is 6.75. The van der Waals surface area contributed by atoms with Crippen LogP contribution in [0.3, 0.4) is 0 Å². The molecule has 0 atom stereocenters. The SMILES string of the molecule is C=CCOC(=O)c1ccc2c(c1)c(C)c(C)n2Cc1cccc(OCC(=O)O)c1. The molecule has 3 aromatic rings. The van der Waals surface area contributed by atoms with Crippen LogP contribution in [0.4, 0.5) is 0 Å². The van der Waals surface area contributed by atoms with Gasteiger partial charge < -0.3 is 19.1 Å². The van der Waals surface area contributed by atoms with E-state index in [4.69, 9.17) is 14.6 Å². The van der Waals surface area contributed by atoms with E-state index in [9.17, 15) is 9.59 Å². The van der Waals surface area contributed by atoms with E-state index in [-0.39, 0.29) is 19.2 Å². The third kappa shape index (κ3) is 4.48. The van der Waals surface area contributed by atoms with Crippen LogP contribution < -0.4 is 4.74 Å². The smallest absolute Gasteiger partial charge is 0.341 e. The van der Waals surface area contributed by atoms with Crippen LogP contribution in [0, 0.1) is 13.8 Å². The normalized spacial score (nSPS) is 10.7. The minimum atomic E-state index is -1.01. The van der Waals surface area contributed by atoms with Crippen LogP contribution in [0.15, 0.2) is 55.1 Å². The molecule has 0 aliphatic rings. The van der Waals surface area contributed by atoms with Crippen molar-refractivity contribution in [3.8, 4) is 5.75 Å². The number of rotatable bonds is 8. The molecule has 0 radical (unpaired) electrons. The monoisotopic (exact) mass is 393 g/mol. The van der Waals surface area contributed by atoms with E-state index in [0.717, 1.165) is 27.7 Å². The summed E-state index contributed by atoms with van der Waals surface area (Å²) >= 11 is 0. The predicted octanol–water partition coefficient (Wildman–Crippen LogP) is 4.11. The van der Waals surface area contributed by atoms with Gasteiger partial charge in [0.05, 0.1) is 5.56 Å². The molecule has 6 nitrogen and oxygen atoms in total. The molecule has 0 unspecified atom stereocenters. The number of carboxylic acid groups (broad SMARTS) is 1. The number of aromatic nitrogens is 1. The third-order valence-corrected chi connectivity index (χ3v) is 4.81. The molecule has 1 heterocycles. The van der Waals surface area contributed by atoms with Gasteiger partial charge in [-0.15, -0.1) is 0 Å². The fourth-order valence-corrected chi connectivity index (χ4v) is 3.26. The minimum Gasteiger partial charge on any atom is -0.482 e. The van der Waals surface area contributed by atoms with Crippen molar-refractivity contribution in [1.82, 2.24) is 4.57 Å². The first-order chi connectivity index (χ1) is 13.9. The Morgan fingerprint density at radius 1 is 1.17 bits per heavy atom. The van der Waals surface area contributed by atoms with Gasteiger partial charge in [-0.05, 0) is 55.3 Å². The maximum absolute atomic E-state index is 12.2. The van der Waals surface area contributed by atoms with E-state index in [1.165, 1.54) is 6.08 Å². The summed E-state index contributed by atoms with van der Waals surface area (Å²) in [7, 11) is 0. The van der Waals surface area contributed by atoms with Crippen LogP contribution in [0.1, 0.15) is 27.2 Å². The van der Waals surface area contributed by atoms with Crippen LogP contribution in [-0.4, -0.2) is 34.8 Å². The highest BCUT2D eigenvalue weighted by Crippen LogP contribution is 2.28. The third-order valence-electron chi connectivity index (χ3n) is 4.81. The largest absolute Gasteiger partial charge is 0.482 e. The van der Waals surface area contributed by atoms with E-state index in [1.54, 1.807) is 12.1 Å². The number of aryl methyl sites for hydroxylation is 1. The molecule has 6 heteroatoms. The van der Waals surface area contributed by atoms with Crippen molar-refractivity contribution in [1.29, 1.82) is 0 Å². The van der Waals surface area contributed by atoms with Crippen LogP contribution in [0.5, 0.6) is 5.75 Å². The van der Waals surface area contributed by atoms with Crippen molar-refractivity contribution in [2.45, 2.75) is 20.4 Å². The number of ether oxygens (including phenoxy) is 2. The summed E-state index contributed by atoms with van der Waals surface area (Å²) in [6.07, 6.45) is 1.54. The van der Waals surface area contributed by atoms with Gasteiger partial charge in [0.1, 0.15) is 12.4 Å². The zero-order valence-corrected chi connectivity index (χ0v) is 16.5. The molecule has 0 spiro atoms. The number of esters is 1. The van der Waals surface area contributed by atoms with Gasteiger partial charge in [0.2, 0.25) is 0 Å². The molecule has 0 amide bonds. The summed E-state index contributed by atoms with van der Waals surface area (Å²) in [5, 5.41) is 9.77. The van der Waals surface area contributed by atoms with Crippen LogP contribution >= 0.6 is 0 Å². The van der Waals surface area contributed by atoms with Gasteiger partial charge in [-0.3, -0.25) is 0 Å². The lowest BCUT2D eigenvalue weighted by atomic mass is 10.1. The van der Waals surface area contributed by atoms with Crippen molar-refractivity contribution in [2.24, 2.45) is 0 Å². The number of nitrogens with zero attached hydrogens (tertiary/aromatic N) is 1. The number of hydrogen-bond donors (Lipinski definition) is 1. The summed E-state index contributed by atoms with van der Waals surface area (Å²) in [6, 6.07) is 12.9. The molecule has 2 aromatic carbocycles. The minimum absolute atomic E-state index is 0.177. The van der Waals surface area contributed by atoms with Gasteiger partial charge in [-0.1, -0.05) is 24.8 Å². The molecule has 150 valence electrons. The van der Waals surface area contributed by atoms with Crippen molar-refractivity contribution < 1.29 is 24.2 Å². The number of carbonyl (C=O) groups excluding carboxylic acids is 1. The van der Waals surface area contributed by atoms with E-state index < -0.39 is 5.97 Å². The molecule has 0 saturated heterocycles. The van der Waals surface area contributed by atoms with Crippen LogP contribution in [-0.2, 0) is 16.1 Å². The highest BCUT2D eigenvalue weighted by atomic mass is 16.5. The lowest BCUT2D eigenvalue weighted by Gasteiger charge is -2.11. The number of carbonyl (C=O) groups is 2. The number of aliphatic carboxylic acids is 1. The summed E-state index contributed by atoms with van der Waals surface area (Å²) in [4.78, 5) is 22.9. The zero-order chi connectivity index (χ0) is 21.0. The molecular weight excluding hydrogens is 370 g/mol. The van der Waals surface area contributed by atoms with E-state index >= 15 is 0 Å². The Labute approximate surface area is 169 Å². The molecule has 0 fully saturated rings. The van der Waals surface area contributed by atoms with E-state index in [1.807, 2.05) is 44.2 Å². The van der Waals surface area contributed by atoms with Gasteiger partial charge in [-0.25, -0.2) is 9.59 Å². The molecule has 1 N–H and O–H groups in total. The molecule has 0 aliphatic heterocycles. The summed E-state index contributed by atoms with van der Waals surface area (Å²) in [6.45, 7) is 8.02. The first-order valence-corrected chi connectivity index (χ1v) is 9.21. The molecule has 29 heavy (non-hydrogen) atoms. The Kier molecular flexibility index (Phi) is 6.02. The highest BCUT2D eigenvalue weighted by molar-refractivity contribution is 5.96. The van der Waals surface area contributed by atoms with Crippen molar-refractivity contribution in [2.75, 3.05) is 13.2 Å². The first kappa shape index (κ1) is 20.2. The fraction of sp³-hybridized carbons (Fsp3) is 0.217. The average Bonchev–Trinajstić information content (AvgIpc) is 2.95. The number of hydrogen-bond acceptors (Lipinski definition) is 4. The van der Waals surface area contributed by atoms with Gasteiger partial charge in [0, 0.05) is 23.1 Å². The first-order valence-electron chi connectivity index (χ1n) is 9.21. The Balaban J connectivity index is 1.91. The van der Waals surface area contributed by atoms with E-state index in [0.29, 0.717) is 17.9 Å². The topological polar surface area (TPSA) is 77.8 Å². The second kappa shape index (κ2) is 8.65. The Morgan fingerprint density at radius 2 is 1.97 bits per heavy atom. The fourth-order valence-electron chi connectivity index (χ4n) is 3.26. The van der Waals surface area contributed by atoms with Gasteiger partial charge >= 0.3 is 11.9 Å². The summed E-state index contributed by atoms with van der Waals surface area (Å²) < 4.78 is 12.6. The summed E-state index contributed by atoms with van der Waals surface area (Å²) in [5.74, 6) is -0.872. The van der Waals surface area contributed by atoms with Crippen molar-refractivity contribution >= 4 is 22.8 Å². The average molecular weight is 393 g/mol. The van der Waals surface area contributed by atoms with Crippen LogP contribution in [0.25, 0.3) is 10.9 Å². The molecule has 0 saturated carbocycles. The van der Waals surface area contributed by atoms with Gasteiger partial charge in [0.15, 0.2) is 6.61 Å². The van der Waals surface area contributed by atoms with Gasteiger partial charge in [0.25, 0.3) is 0 Å². The Hall–Kier alpha value is -3.54.